The number of hydrogen-bond acceptors (Lipinski definition) is 8. The van der Waals surface area contributed by atoms with Crippen LogP contribution in [0.3, 0.4) is 0 Å². The van der Waals surface area contributed by atoms with Crippen LogP contribution in [0, 0.1) is 0 Å². The van der Waals surface area contributed by atoms with Crippen molar-refractivity contribution in [1.82, 2.24) is 0 Å². The number of epoxide rings is 2. The molecule has 0 aromatic heterocycles. The number of hydrogen-bond donors (Lipinski definition) is 3. The maximum Gasteiger partial charge on any atom is 0.104 e. The molecule has 0 aromatic carbocycles. The minimum absolute atomic E-state index is 0.0911. The summed E-state index contributed by atoms with van der Waals surface area (Å²) in [5.74, 6) is 0. The van der Waals surface area contributed by atoms with Gasteiger partial charge in [-0.25, -0.2) is 0 Å². The van der Waals surface area contributed by atoms with Gasteiger partial charge in [-0.05, 0) is 25.7 Å². The molecule has 0 amide bonds. The molecule has 2 aliphatic heterocycles. The predicted molar refractivity (Wildman–Crippen MR) is 122 cm³/mol. The fourth-order valence-electron chi connectivity index (χ4n) is 1.99. The summed E-state index contributed by atoms with van der Waals surface area (Å²) in [6.45, 7) is 13.9. The summed E-state index contributed by atoms with van der Waals surface area (Å²) in [6, 6.07) is 0. The highest BCUT2D eigenvalue weighted by molar-refractivity contribution is 4.66. The molecule has 0 radical (unpaired) electrons. The molecule has 8 nitrogen and oxygen atoms in total. The Kier molecular flexibility index (Phi) is 28.4. The van der Waals surface area contributed by atoms with Crippen LogP contribution in [0.5, 0.6) is 0 Å². The van der Waals surface area contributed by atoms with E-state index in [1.54, 1.807) is 19.3 Å². The zero-order valence-corrected chi connectivity index (χ0v) is 19.6. The van der Waals surface area contributed by atoms with Crippen LogP contribution in [0.25, 0.3) is 0 Å². The van der Waals surface area contributed by atoms with Gasteiger partial charge in [0.25, 0.3) is 0 Å². The molecular weight excluding hydrogens is 404 g/mol. The van der Waals surface area contributed by atoms with Crippen LogP contribution in [0.1, 0.15) is 39.0 Å². The Morgan fingerprint density at radius 3 is 1.94 bits per heavy atom. The Morgan fingerprint density at radius 1 is 1.00 bits per heavy atom. The Morgan fingerprint density at radius 2 is 1.58 bits per heavy atom. The van der Waals surface area contributed by atoms with E-state index in [1.165, 1.54) is 12.8 Å². The maximum absolute atomic E-state index is 9.27. The van der Waals surface area contributed by atoms with E-state index >= 15 is 0 Å². The van der Waals surface area contributed by atoms with Gasteiger partial charge in [0, 0.05) is 13.7 Å². The number of aliphatic hydroxyl groups is 3. The third-order valence-corrected chi connectivity index (χ3v) is 3.76. The molecule has 31 heavy (non-hydrogen) atoms. The van der Waals surface area contributed by atoms with E-state index < -0.39 is 0 Å². The summed E-state index contributed by atoms with van der Waals surface area (Å²) in [7, 11) is 1.59. The first-order valence-electron chi connectivity index (χ1n) is 11.1. The molecule has 8 heteroatoms. The number of rotatable bonds is 16. The van der Waals surface area contributed by atoms with E-state index in [4.69, 9.17) is 29.2 Å². The van der Waals surface area contributed by atoms with Crippen molar-refractivity contribution in [1.29, 1.82) is 0 Å². The number of methoxy groups -OCH3 is 1. The lowest BCUT2D eigenvalue weighted by Crippen LogP contribution is -2.13. The minimum Gasteiger partial charge on any atom is -0.394 e. The van der Waals surface area contributed by atoms with E-state index in [1.807, 2.05) is 0 Å². The van der Waals surface area contributed by atoms with Crippen molar-refractivity contribution in [2.24, 2.45) is 0 Å². The van der Waals surface area contributed by atoms with Crippen LogP contribution in [0.15, 0.2) is 25.3 Å². The van der Waals surface area contributed by atoms with Crippen molar-refractivity contribution < 1.29 is 39.0 Å². The lowest BCUT2D eigenvalue weighted by Gasteiger charge is -2.08. The summed E-state index contributed by atoms with van der Waals surface area (Å²) in [5.41, 5.74) is 0. The number of unbranched alkanes of at least 4 members (excludes halogenated alkanes) is 1. The molecule has 3 N–H and O–H groups in total. The molecule has 2 heterocycles. The average Bonchev–Trinajstić information content (AvgIpc) is 3.68. The highest BCUT2D eigenvalue weighted by Crippen LogP contribution is 2.14. The smallest absolute Gasteiger partial charge is 0.104 e. The number of aliphatic hydroxyl groups excluding tert-OH is 3. The largest absolute Gasteiger partial charge is 0.394 e. The molecule has 0 saturated carbocycles. The molecule has 0 spiro atoms. The zero-order chi connectivity index (χ0) is 23.6. The Bertz CT molecular complexity index is 359. The van der Waals surface area contributed by atoms with Gasteiger partial charge in [-0.2, -0.15) is 0 Å². The topological polar surface area (TPSA) is 113 Å². The van der Waals surface area contributed by atoms with Gasteiger partial charge in [-0.15, -0.1) is 13.2 Å². The summed E-state index contributed by atoms with van der Waals surface area (Å²) < 4.78 is 24.3. The van der Waals surface area contributed by atoms with Gasteiger partial charge in [0.1, 0.15) is 6.10 Å². The third-order valence-electron chi connectivity index (χ3n) is 3.76. The molecule has 0 aromatic rings. The second-order valence-electron chi connectivity index (χ2n) is 6.94. The Hall–Kier alpha value is -0.840. The Labute approximate surface area is 188 Å². The zero-order valence-electron chi connectivity index (χ0n) is 19.6. The highest BCUT2D eigenvalue weighted by Gasteiger charge is 2.20. The van der Waals surface area contributed by atoms with E-state index in [9.17, 15) is 5.11 Å². The van der Waals surface area contributed by atoms with Crippen molar-refractivity contribution in [3.63, 3.8) is 0 Å². The van der Waals surface area contributed by atoms with Crippen molar-refractivity contribution in [2.45, 2.75) is 57.3 Å². The summed E-state index contributed by atoms with van der Waals surface area (Å²) in [4.78, 5) is 0. The molecule has 2 fully saturated rings. The molecular formula is C23H46O8. The van der Waals surface area contributed by atoms with Crippen LogP contribution in [-0.2, 0) is 23.7 Å². The third kappa shape index (κ3) is 34.0. The quantitative estimate of drug-likeness (QED) is 0.186. The van der Waals surface area contributed by atoms with Gasteiger partial charge in [0.2, 0.25) is 0 Å². The molecule has 3 unspecified atom stereocenters. The van der Waals surface area contributed by atoms with Crippen LogP contribution < -0.4 is 0 Å². The maximum atomic E-state index is 9.27. The van der Waals surface area contributed by atoms with Crippen molar-refractivity contribution >= 4 is 0 Å². The van der Waals surface area contributed by atoms with Gasteiger partial charge in [0.15, 0.2) is 0 Å². The lowest BCUT2D eigenvalue weighted by molar-refractivity contribution is 0.0556. The van der Waals surface area contributed by atoms with Crippen LogP contribution in [0.4, 0.5) is 0 Å². The van der Waals surface area contributed by atoms with E-state index in [0.29, 0.717) is 32.5 Å². The first-order valence-corrected chi connectivity index (χ1v) is 11.1. The molecule has 0 aliphatic carbocycles. The van der Waals surface area contributed by atoms with E-state index in [-0.39, 0.29) is 25.4 Å². The second-order valence-corrected chi connectivity index (χ2v) is 6.94. The molecule has 0 bridgehead atoms. The molecule has 2 saturated heterocycles. The van der Waals surface area contributed by atoms with Gasteiger partial charge in [0.05, 0.1) is 65.1 Å². The van der Waals surface area contributed by atoms with Gasteiger partial charge in [-0.1, -0.05) is 25.5 Å². The predicted octanol–water partition coefficient (Wildman–Crippen LogP) is 2.11. The Balaban J connectivity index is 0. The lowest BCUT2D eigenvalue weighted by atomic mass is 10.2. The normalized spacial score (nSPS) is 18.7. The summed E-state index contributed by atoms with van der Waals surface area (Å²) in [5, 5.41) is 25.5. The van der Waals surface area contributed by atoms with Gasteiger partial charge < -0.3 is 39.0 Å². The summed E-state index contributed by atoms with van der Waals surface area (Å²) in [6.07, 6.45) is 9.16. The van der Waals surface area contributed by atoms with Gasteiger partial charge in [-0.3, -0.25) is 0 Å². The minimum atomic E-state index is -0.329. The highest BCUT2D eigenvalue weighted by atomic mass is 16.6. The fourth-order valence-corrected chi connectivity index (χ4v) is 1.99. The van der Waals surface area contributed by atoms with Crippen LogP contribution >= 0.6 is 0 Å². The first-order chi connectivity index (χ1) is 15.1. The van der Waals surface area contributed by atoms with Crippen LogP contribution in [0.2, 0.25) is 0 Å². The van der Waals surface area contributed by atoms with Crippen molar-refractivity contribution in [3.8, 4) is 0 Å². The van der Waals surface area contributed by atoms with Gasteiger partial charge >= 0.3 is 0 Å². The molecule has 186 valence electrons. The average molecular weight is 451 g/mol. The fraction of sp³-hybridized carbons (Fsp3) is 0.826. The molecule has 2 aliphatic rings. The van der Waals surface area contributed by atoms with Crippen molar-refractivity contribution in [3.05, 3.63) is 25.3 Å². The standard InChI is InChI=1S/C10H20O3.C5H10O2.C5H10O.C3H6O2/c1-3-7-13-8-5-4-6-10(11)9-12-2;1-2-4-7-5-3-6;1-2-3-5-4-6-5;4-1-3-2-5-3/h3,10-11H,1,4-9H2,2H3;2,6H,1,3-5H2;5H,2-4H2,1H3;3-4H,1-2H2. The summed E-state index contributed by atoms with van der Waals surface area (Å²) >= 11 is 0. The number of ether oxygens (including phenoxy) is 5. The first kappa shape index (κ1) is 32.3. The molecule has 2 rings (SSSR count). The van der Waals surface area contributed by atoms with Crippen LogP contribution in [-0.4, -0.2) is 100 Å². The van der Waals surface area contributed by atoms with E-state index in [2.05, 4.69) is 24.8 Å². The monoisotopic (exact) mass is 450 g/mol. The van der Waals surface area contributed by atoms with E-state index in [0.717, 1.165) is 39.1 Å². The second kappa shape index (κ2) is 27.2. The van der Waals surface area contributed by atoms with Crippen molar-refractivity contribution in [2.75, 3.05) is 66.6 Å². The SMILES string of the molecule is C=CCOCCCCC(O)COC.C=CCOCCO.CCCC1CO1.OCC1CO1. The molecule has 3 atom stereocenters.